The van der Waals surface area contributed by atoms with Crippen molar-refractivity contribution in [3.8, 4) is 6.07 Å². The minimum absolute atomic E-state index is 0.327. The van der Waals surface area contributed by atoms with Crippen molar-refractivity contribution in [3.05, 3.63) is 0 Å². The number of nitriles is 1. The zero-order valence-corrected chi connectivity index (χ0v) is 11.7. The van der Waals surface area contributed by atoms with E-state index in [9.17, 15) is 5.26 Å². The molecule has 1 saturated carbocycles. The number of hydrogen-bond donors (Lipinski definition) is 1. The summed E-state index contributed by atoms with van der Waals surface area (Å²) in [5.74, 6) is 0.550. The van der Waals surface area contributed by atoms with Gasteiger partial charge < -0.3 is 15.1 Å². The van der Waals surface area contributed by atoms with Crippen LogP contribution in [-0.2, 0) is 0 Å². The molecule has 17 heavy (non-hydrogen) atoms. The molecular formula is C13H26N4. The highest BCUT2D eigenvalue weighted by Gasteiger charge is 2.45. The number of rotatable bonds is 8. The van der Waals surface area contributed by atoms with E-state index >= 15 is 0 Å². The number of likely N-dealkylation sites (N-methyl/N-ethyl adjacent to an activating group) is 2. The predicted octanol–water partition coefficient (Wildman–Crippen LogP) is 0.762. The summed E-state index contributed by atoms with van der Waals surface area (Å²) in [5, 5.41) is 12.6. The molecule has 0 aromatic carbocycles. The van der Waals surface area contributed by atoms with Crippen LogP contribution in [0.3, 0.4) is 0 Å². The quantitative estimate of drug-likeness (QED) is 0.678. The summed E-state index contributed by atoms with van der Waals surface area (Å²) in [7, 11) is 8.21. The number of hydrogen-bond acceptors (Lipinski definition) is 4. The van der Waals surface area contributed by atoms with E-state index in [1.165, 1.54) is 12.8 Å². The summed E-state index contributed by atoms with van der Waals surface area (Å²) in [4.78, 5) is 4.48. The van der Waals surface area contributed by atoms with E-state index in [4.69, 9.17) is 0 Å². The lowest BCUT2D eigenvalue weighted by molar-refractivity contribution is 0.227. The van der Waals surface area contributed by atoms with Crippen molar-refractivity contribution in [2.45, 2.75) is 24.8 Å². The van der Waals surface area contributed by atoms with E-state index in [0.717, 1.165) is 26.1 Å². The minimum Gasteiger partial charge on any atom is -0.309 e. The largest absolute Gasteiger partial charge is 0.309 e. The second kappa shape index (κ2) is 6.34. The Hall–Kier alpha value is -0.630. The molecule has 0 radical (unpaired) electrons. The molecule has 1 unspecified atom stereocenters. The van der Waals surface area contributed by atoms with E-state index < -0.39 is 0 Å². The summed E-state index contributed by atoms with van der Waals surface area (Å²) in [6.45, 7) is 2.99. The Kier molecular flexibility index (Phi) is 5.38. The van der Waals surface area contributed by atoms with Crippen LogP contribution in [0.1, 0.15) is 19.3 Å². The maximum Gasteiger partial charge on any atom is 0.122 e. The Bertz CT molecular complexity index is 267. The molecule has 0 bridgehead atoms. The predicted molar refractivity (Wildman–Crippen MR) is 70.8 cm³/mol. The van der Waals surface area contributed by atoms with Crippen LogP contribution < -0.4 is 5.32 Å². The zero-order chi connectivity index (χ0) is 12.9. The third-order valence-corrected chi connectivity index (χ3v) is 3.58. The van der Waals surface area contributed by atoms with Crippen LogP contribution in [0.4, 0.5) is 0 Å². The van der Waals surface area contributed by atoms with Gasteiger partial charge in [-0.2, -0.15) is 5.26 Å². The molecule has 1 atom stereocenters. The number of nitrogens with zero attached hydrogens (tertiary/aromatic N) is 3. The maximum absolute atomic E-state index is 9.40. The standard InChI is InChI=1S/C13H26N4/c1-15-13(10-14,12-6-7-12)11-17(4)9-5-8-16(2)3/h12,15H,5-9,11H2,1-4H3. The molecule has 1 aliphatic rings. The molecule has 0 aromatic rings. The fraction of sp³-hybridized carbons (Fsp3) is 0.923. The Morgan fingerprint density at radius 2 is 1.94 bits per heavy atom. The van der Waals surface area contributed by atoms with Gasteiger partial charge in [0.05, 0.1) is 6.07 Å². The van der Waals surface area contributed by atoms with Gasteiger partial charge in [0.15, 0.2) is 0 Å². The van der Waals surface area contributed by atoms with E-state index in [-0.39, 0.29) is 5.54 Å². The van der Waals surface area contributed by atoms with Crippen LogP contribution in [0.25, 0.3) is 0 Å². The van der Waals surface area contributed by atoms with Gasteiger partial charge in [-0.3, -0.25) is 0 Å². The summed E-state index contributed by atoms with van der Waals surface area (Å²) in [6, 6.07) is 2.49. The monoisotopic (exact) mass is 238 g/mol. The van der Waals surface area contributed by atoms with Crippen molar-refractivity contribution >= 4 is 0 Å². The molecule has 0 aliphatic heterocycles. The lowest BCUT2D eigenvalue weighted by Gasteiger charge is -2.31. The maximum atomic E-state index is 9.40. The van der Waals surface area contributed by atoms with Gasteiger partial charge in [0.2, 0.25) is 0 Å². The van der Waals surface area contributed by atoms with E-state index in [1.54, 1.807) is 0 Å². The van der Waals surface area contributed by atoms with Gasteiger partial charge in [-0.25, -0.2) is 0 Å². The third kappa shape index (κ3) is 4.27. The fourth-order valence-electron chi connectivity index (χ4n) is 2.33. The molecule has 0 aromatic heterocycles. The molecule has 0 saturated heterocycles. The van der Waals surface area contributed by atoms with Gasteiger partial charge in [-0.1, -0.05) is 0 Å². The Labute approximate surface area is 106 Å². The Morgan fingerprint density at radius 3 is 2.35 bits per heavy atom. The van der Waals surface area contributed by atoms with Crippen molar-refractivity contribution in [2.24, 2.45) is 5.92 Å². The second-order valence-electron chi connectivity index (χ2n) is 5.50. The van der Waals surface area contributed by atoms with Crippen LogP contribution in [0.2, 0.25) is 0 Å². The molecule has 1 rings (SSSR count). The molecule has 98 valence electrons. The van der Waals surface area contributed by atoms with Gasteiger partial charge in [0.1, 0.15) is 5.54 Å². The summed E-state index contributed by atoms with van der Waals surface area (Å²) in [6.07, 6.45) is 3.54. The van der Waals surface area contributed by atoms with Crippen molar-refractivity contribution < 1.29 is 0 Å². The van der Waals surface area contributed by atoms with Crippen molar-refractivity contribution in [1.82, 2.24) is 15.1 Å². The zero-order valence-electron chi connectivity index (χ0n) is 11.7. The molecule has 0 amide bonds. The van der Waals surface area contributed by atoms with E-state index in [2.05, 4.69) is 42.3 Å². The van der Waals surface area contributed by atoms with Crippen molar-refractivity contribution in [2.75, 3.05) is 47.8 Å². The molecule has 1 fully saturated rings. The highest BCUT2D eigenvalue weighted by atomic mass is 15.2. The normalized spacial score (nSPS) is 19.4. The first-order valence-electron chi connectivity index (χ1n) is 6.47. The molecule has 0 spiro atoms. The molecule has 1 aliphatic carbocycles. The van der Waals surface area contributed by atoms with Crippen LogP contribution in [-0.4, -0.2) is 63.2 Å². The van der Waals surface area contributed by atoms with Gasteiger partial charge in [0, 0.05) is 6.54 Å². The molecular weight excluding hydrogens is 212 g/mol. The van der Waals surface area contributed by atoms with Gasteiger partial charge in [0.25, 0.3) is 0 Å². The van der Waals surface area contributed by atoms with Crippen LogP contribution in [0, 0.1) is 17.2 Å². The highest BCUT2D eigenvalue weighted by Crippen LogP contribution is 2.39. The SMILES string of the molecule is CNC(C#N)(CN(C)CCCN(C)C)C1CC1. The highest BCUT2D eigenvalue weighted by molar-refractivity contribution is 5.16. The number of nitrogens with one attached hydrogen (secondary N) is 1. The van der Waals surface area contributed by atoms with Crippen molar-refractivity contribution in [1.29, 1.82) is 5.26 Å². The third-order valence-electron chi connectivity index (χ3n) is 3.58. The van der Waals surface area contributed by atoms with Crippen LogP contribution in [0.5, 0.6) is 0 Å². The van der Waals surface area contributed by atoms with Gasteiger partial charge in [-0.05, 0) is 66.5 Å². The Morgan fingerprint density at radius 1 is 1.29 bits per heavy atom. The molecule has 0 heterocycles. The van der Waals surface area contributed by atoms with E-state index in [0.29, 0.717) is 5.92 Å². The van der Waals surface area contributed by atoms with Crippen LogP contribution >= 0.6 is 0 Å². The molecule has 4 heteroatoms. The summed E-state index contributed by atoms with van der Waals surface area (Å²) < 4.78 is 0. The first-order valence-corrected chi connectivity index (χ1v) is 6.47. The fourth-order valence-corrected chi connectivity index (χ4v) is 2.33. The lowest BCUT2D eigenvalue weighted by Crippen LogP contribution is -2.52. The van der Waals surface area contributed by atoms with Gasteiger partial charge in [-0.15, -0.1) is 0 Å². The summed E-state index contributed by atoms with van der Waals surface area (Å²) in [5.41, 5.74) is -0.327. The Balaban J connectivity index is 2.37. The molecule has 4 nitrogen and oxygen atoms in total. The van der Waals surface area contributed by atoms with Gasteiger partial charge >= 0.3 is 0 Å². The first-order chi connectivity index (χ1) is 8.04. The van der Waals surface area contributed by atoms with Crippen molar-refractivity contribution in [3.63, 3.8) is 0 Å². The average molecular weight is 238 g/mol. The average Bonchev–Trinajstić information content (AvgIpc) is 3.09. The first kappa shape index (κ1) is 14.4. The van der Waals surface area contributed by atoms with Crippen LogP contribution in [0.15, 0.2) is 0 Å². The topological polar surface area (TPSA) is 42.3 Å². The smallest absolute Gasteiger partial charge is 0.122 e. The van der Waals surface area contributed by atoms with E-state index in [1.807, 2.05) is 7.05 Å². The second-order valence-corrected chi connectivity index (χ2v) is 5.50. The molecule has 1 N–H and O–H groups in total. The minimum atomic E-state index is -0.327. The lowest BCUT2D eigenvalue weighted by atomic mass is 9.94. The summed E-state index contributed by atoms with van der Waals surface area (Å²) >= 11 is 0.